The van der Waals surface area contributed by atoms with Gasteiger partial charge in [-0.15, -0.1) is 0 Å². The van der Waals surface area contributed by atoms with Gasteiger partial charge in [0.15, 0.2) is 11.5 Å². The van der Waals surface area contributed by atoms with Crippen molar-refractivity contribution >= 4 is 29.5 Å². The van der Waals surface area contributed by atoms with Crippen molar-refractivity contribution in [2.75, 3.05) is 33.4 Å². The van der Waals surface area contributed by atoms with Crippen LogP contribution in [-0.4, -0.2) is 50.1 Å². The van der Waals surface area contributed by atoms with Gasteiger partial charge in [-0.1, -0.05) is 11.6 Å². The van der Waals surface area contributed by atoms with Crippen LogP contribution in [0.2, 0.25) is 5.02 Å². The van der Waals surface area contributed by atoms with E-state index in [-0.39, 0.29) is 18.4 Å². The zero-order chi connectivity index (χ0) is 18.8. The van der Waals surface area contributed by atoms with Crippen LogP contribution in [0.3, 0.4) is 0 Å². The second-order valence-corrected chi connectivity index (χ2v) is 5.51. The molecule has 1 aromatic carbocycles. The first kappa shape index (κ1) is 20.8. The lowest BCUT2D eigenvalue weighted by molar-refractivity contribution is -0.132. The number of hydrogen-bond donors (Lipinski definition) is 1. The normalized spacial score (nSPS) is 10.6. The molecule has 0 unspecified atom stereocenters. The molecule has 6 nitrogen and oxygen atoms in total. The molecular formula is C18H25ClN2O4. The molecular weight excluding hydrogens is 344 g/mol. The summed E-state index contributed by atoms with van der Waals surface area (Å²) in [6.07, 6.45) is 3.04. The van der Waals surface area contributed by atoms with Gasteiger partial charge in [-0.25, -0.2) is 0 Å². The molecule has 0 heterocycles. The molecule has 0 spiro atoms. The van der Waals surface area contributed by atoms with Gasteiger partial charge < -0.3 is 19.7 Å². The molecule has 0 fully saturated rings. The van der Waals surface area contributed by atoms with Crippen molar-refractivity contribution in [2.24, 2.45) is 0 Å². The Kier molecular flexibility index (Phi) is 8.84. The van der Waals surface area contributed by atoms with Crippen molar-refractivity contribution in [3.8, 4) is 11.5 Å². The highest BCUT2D eigenvalue weighted by atomic mass is 35.5. The summed E-state index contributed by atoms with van der Waals surface area (Å²) in [5.41, 5.74) is 0.702. The lowest BCUT2D eigenvalue weighted by atomic mass is 10.2. The molecule has 0 saturated carbocycles. The molecule has 1 aromatic rings. The van der Waals surface area contributed by atoms with Gasteiger partial charge in [-0.2, -0.15) is 0 Å². The number of carbonyl (C=O) groups excluding carboxylic acids is 2. The first-order valence-electron chi connectivity index (χ1n) is 8.20. The fourth-order valence-electron chi connectivity index (χ4n) is 2.17. The highest BCUT2D eigenvalue weighted by molar-refractivity contribution is 6.32. The molecule has 0 aliphatic carbocycles. The number of methoxy groups -OCH3 is 1. The first-order valence-corrected chi connectivity index (χ1v) is 8.58. The predicted molar refractivity (Wildman–Crippen MR) is 99.1 cm³/mol. The maximum Gasteiger partial charge on any atom is 0.247 e. The van der Waals surface area contributed by atoms with Crippen molar-refractivity contribution < 1.29 is 19.1 Å². The Balaban J connectivity index is 2.90. The number of halogens is 1. The number of nitrogens with one attached hydrogen (secondary N) is 1. The Labute approximate surface area is 153 Å². The molecule has 0 saturated heterocycles. The van der Waals surface area contributed by atoms with Crippen LogP contribution < -0.4 is 14.8 Å². The van der Waals surface area contributed by atoms with Gasteiger partial charge in [0.25, 0.3) is 0 Å². The second-order valence-electron chi connectivity index (χ2n) is 5.11. The Morgan fingerprint density at radius 3 is 2.56 bits per heavy atom. The van der Waals surface area contributed by atoms with E-state index in [1.165, 1.54) is 18.1 Å². The molecule has 0 aromatic heterocycles. The standard InChI is InChI=1S/C18H25ClN2O4/c1-5-20-16(22)12-21(6-2)17(23)9-8-13-10-14(19)18(25-7-3)15(11-13)24-4/h8-11H,5-7,12H2,1-4H3,(H,20,22)/b9-8+. The monoisotopic (exact) mass is 368 g/mol. The van der Waals surface area contributed by atoms with Crippen LogP contribution in [0.15, 0.2) is 18.2 Å². The van der Waals surface area contributed by atoms with Crippen molar-refractivity contribution in [3.05, 3.63) is 28.8 Å². The average molecular weight is 369 g/mol. The van der Waals surface area contributed by atoms with E-state index in [0.717, 1.165) is 0 Å². The van der Waals surface area contributed by atoms with Crippen LogP contribution in [0.25, 0.3) is 6.08 Å². The van der Waals surface area contributed by atoms with Gasteiger partial charge in [-0.05, 0) is 44.5 Å². The minimum atomic E-state index is -0.252. The SMILES string of the molecule is CCNC(=O)CN(CC)C(=O)/C=C/c1cc(Cl)c(OCC)c(OC)c1. The van der Waals surface area contributed by atoms with Gasteiger partial charge in [0.05, 0.1) is 25.3 Å². The number of ether oxygens (including phenoxy) is 2. The van der Waals surface area contributed by atoms with E-state index >= 15 is 0 Å². The number of likely N-dealkylation sites (N-methyl/N-ethyl adjacent to an activating group) is 2. The maximum absolute atomic E-state index is 12.3. The molecule has 1 N–H and O–H groups in total. The summed E-state index contributed by atoms with van der Waals surface area (Å²) in [7, 11) is 1.53. The van der Waals surface area contributed by atoms with Crippen molar-refractivity contribution in [2.45, 2.75) is 20.8 Å². The number of amides is 2. The minimum absolute atomic E-state index is 0.0286. The zero-order valence-corrected chi connectivity index (χ0v) is 15.9. The maximum atomic E-state index is 12.3. The Bertz CT molecular complexity index is 632. The molecule has 0 radical (unpaired) electrons. The summed E-state index contributed by atoms with van der Waals surface area (Å²) in [6, 6.07) is 3.43. The van der Waals surface area contributed by atoms with Crippen molar-refractivity contribution in [3.63, 3.8) is 0 Å². The number of carbonyl (C=O) groups is 2. The zero-order valence-electron chi connectivity index (χ0n) is 15.1. The van der Waals surface area contributed by atoms with Crippen LogP contribution in [0.5, 0.6) is 11.5 Å². The largest absolute Gasteiger partial charge is 0.493 e. The van der Waals surface area contributed by atoms with Crippen LogP contribution in [-0.2, 0) is 9.59 Å². The van der Waals surface area contributed by atoms with E-state index in [4.69, 9.17) is 21.1 Å². The summed E-state index contributed by atoms with van der Waals surface area (Å²) < 4.78 is 10.7. The average Bonchev–Trinajstić information content (AvgIpc) is 2.59. The molecule has 7 heteroatoms. The van der Waals surface area contributed by atoms with E-state index in [0.29, 0.717) is 41.8 Å². The Morgan fingerprint density at radius 2 is 2.00 bits per heavy atom. The van der Waals surface area contributed by atoms with Gasteiger partial charge in [-0.3, -0.25) is 9.59 Å². The smallest absolute Gasteiger partial charge is 0.247 e. The van der Waals surface area contributed by atoms with Gasteiger partial charge >= 0.3 is 0 Å². The molecule has 0 atom stereocenters. The van der Waals surface area contributed by atoms with Crippen LogP contribution in [0, 0.1) is 0 Å². The van der Waals surface area contributed by atoms with Crippen molar-refractivity contribution in [1.29, 1.82) is 0 Å². The first-order chi connectivity index (χ1) is 12.0. The van der Waals surface area contributed by atoms with Gasteiger partial charge in [0, 0.05) is 19.2 Å². The highest BCUT2D eigenvalue weighted by Gasteiger charge is 2.14. The molecule has 0 aliphatic heterocycles. The molecule has 138 valence electrons. The number of benzene rings is 1. The molecule has 0 bridgehead atoms. The summed E-state index contributed by atoms with van der Waals surface area (Å²) >= 11 is 6.21. The summed E-state index contributed by atoms with van der Waals surface area (Å²) in [5.74, 6) is 0.535. The Hall–Kier alpha value is -2.21. The topological polar surface area (TPSA) is 67.9 Å². The third-order valence-corrected chi connectivity index (χ3v) is 3.64. The fourth-order valence-corrected chi connectivity index (χ4v) is 2.44. The molecule has 0 aliphatic rings. The van der Waals surface area contributed by atoms with E-state index in [1.807, 2.05) is 20.8 Å². The summed E-state index contributed by atoms with van der Waals surface area (Å²) in [5, 5.41) is 3.08. The van der Waals surface area contributed by atoms with E-state index in [1.54, 1.807) is 18.2 Å². The van der Waals surface area contributed by atoms with E-state index < -0.39 is 0 Å². The van der Waals surface area contributed by atoms with E-state index in [2.05, 4.69) is 5.32 Å². The van der Waals surface area contributed by atoms with Crippen LogP contribution in [0.4, 0.5) is 0 Å². The quantitative estimate of drug-likeness (QED) is 0.680. The third-order valence-electron chi connectivity index (χ3n) is 3.36. The molecule has 1 rings (SSSR count). The van der Waals surface area contributed by atoms with E-state index in [9.17, 15) is 9.59 Å². The van der Waals surface area contributed by atoms with Crippen LogP contribution >= 0.6 is 11.6 Å². The Morgan fingerprint density at radius 1 is 1.28 bits per heavy atom. The van der Waals surface area contributed by atoms with Crippen molar-refractivity contribution in [1.82, 2.24) is 10.2 Å². The van der Waals surface area contributed by atoms with Gasteiger partial charge in [0.1, 0.15) is 0 Å². The van der Waals surface area contributed by atoms with Gasteiger partial charge in [0.2, 0.25) is 11.8 Å². The number of hydrogen-bond acceptors (Lipinski definition) is 4. The van der Waals surface area contributed by atoms with Crippen LogP contribution in [0.1, 0.15) is 26.3 Å². The fraction of sp³-hybridized carbons (Fsp3) is 0.444. The summed E-state index contributed by atoms with van der Waals surface area (Å²) in [6.45, 7) is 6.98. The highest BCUT2D eigenvalue weighted by Crippen LogP contribution is 2.36. The molecule has 25 heavy (non-hydrogen) atoms. The third kappa shape index (κ3) is 6.31. The predicted octanol–water partition coefficient (Wildman–Crippen LogP) is 2.75. The number of nitrogens with zero attached hydrogens (tertiary/aromatic N) is 1. The lowest BCUT2D eigenvalue weighted by Gasteiger charge is -2.18. The number of rotatable bonds is 9. The second kappa shape index (κ2) is 10.6. The molecule has 2 amide bonds. The lowest BCUT2D eigenvalue weighted by Crippen LogP contribution is -2.39. The summed E-state index contributed by atoms with van der Waals surface area (Å²) in [4.78, 5) is 25.4. The minimum Gasteiger partial charge on any atom is -0.493 e.